The molecule has 0 aromatic heterocycles. The Morgan fingerprint density at radius 3 is 2.71 bits per heavy atom. The first-order valence-electron chi connectivity index (χ1n) is 6.38. The van der Waals surface area contributed by atoms with Crippen LogP contribution >= 0.6 is 11.6 Å². The zero-order chi connectivity index (χ0) is 15.9. The standard InChI is InChI=1S/C13H19ClN2O4S/c1-20-6-8-21(18,19)7-2-3-13(17)16-12-5-4-10(15)9-11(12)14/h4-5,9H,2-3,6-8,15H2,1H3,(H,16,17). The van der Waals surface area contributed by atoms with E-state index < -0.39 is 9.84 Å². The van der Waals surface area contributed by atoms with Crippen LogP contribution in [0.3, 0.4) is 0 Å². The Kier molecular flexibility index (Phi) is 6.94. The molecule has 0 spiro atoms. The summed E-state index contributed by atoms with van der Waals surface area (Å²) in [7, 11) is -1.73. The van der Waals surface area contributed by atoms with Gasteiger partial charge in [0.15, 0.2) is 9.84 Å². The van der Waals surface area contributed by atoms with Crippen molar-refractivity contribution in [2.24, 2.45) is 0 Å². The van der Waals surface area contributed by atoms with Crippen LogP contribution in [-0.2, 0) is 19.4 Å². The van der Waals surface area contributed by atoms with E-state index in [4.69, 9.17) is 22.1 Å². The summed E-state index contributed by atoms with van der Waals surface area (Å²) in [6.45, 7) is 0.162. The molecule has 1 aromatic rings. The zero-order valence-electron chi connectivity index (χ0n) is 11.8. The van der Waals surface area contributed by atoms with Crippen molar-refractivity contribution in [1.29, 1.82) is 0 Å². The minimum Gasteiger partial charge on any atom is -0.399 e. The van der Waals surface area contributed by atoms with Gasteiger partial charge in [-0.2, -0.15) is 0 Å². The zero-order valence-corrected chi connectivity index (χ0v) is 13.3. The molecule has 21 heavy (non-hydrogen) atoms. The molecule has 0 aliphatic carbocycles. The van der Waals surface area contributed by atoms with Gasteiger partial charge in [-0.3, -0.25) is 4.79 Å². The SMILES string of the molecule is COCCS(=O)(=O)CCCC(=O)Nc1ccc(N)cc1Cl. The molecule has 1 aromatic carbocycles. The van der Waals surface area contributed by atoms with Crippen LogP contribution in [0.1, 0.15) is 12.8 Å². The lowest BCUT2D eigenvalue weighted by Gasteiger charge is -2.08. The van der Waals surface area contributed by atoms with E-state index in [0.717, 1.165) is 0 Å². The van der Waals surface area contributed by atoms with Crippen LogP contribution in [0, 0.1) is 0 Å². The number of rotatable bonds is 8. The molecule has 0 aliphatic rings. The average molecular weight is 335 g/mol. The lowest BCUT2D eigenvalue weighted by molar-refractivity contribution is -0.116. The van der Waals surface area contributed by atoms with Gasteiger partial charge in [-0.1, -0.05) is 11.6 Å². The Bertz CT molecular complexity index is 590. The van der Waals surface area contributed by atoms with Crippen LogP contribution in [0.25, 0.3) is 0 Å². The predicted octanol–water partition coefficient (Wildman–Crippen LogP) is 1.70. The number of benzene rings is 1. The highest BCUT2D eigenvalue weighted by atomic mass is 35.5. The number of hydrogen-bond acceptors (Lipinski definition) is 5. The fraction of sp³-hybridized carbons (Fsp3) is 0.462. The molecule has 0 atom stereocenters. The monoisotopic (exact) mass is 334 g/mol. The number of methoxy groups -OCH3 is 1. The molecule has 0 aliphatic heterocycles. The van der Waals surface area contributed by atoms with Crippen LogP contribution < -0.4 is 11.1 Å². The smallest absolute Gasteiger partial charge is 0.224 e. The van der Waals surface area contributed by atoms with Gasteiger partial charge in [0.25, 0.3) is 0 Å². The summed E-state index contributed by atoms with van der Waals surface area (Å²) in [5.74, 6) is -0.364. The maximum absolute atomic E-state index is 11.7. The minimum atomic E-state index is -3.17. The molecule has 0 saturated heterocycles. The predicted molar refractivity (Wildman–Crippen MR) is 84.3 cm³/mol. The van der Waals surface area contributed by atoms with Crippen LogP contribution in [0.15, 0.2) is 18.2 Å². The van der Waals surface area contributed by atoms with Gasteiger partial charge in [-0.25, -0.2) is 8.42 Å². The number of amides is 1. The van der Waals surface area contributed by atoms with E-state index in [0.29, 0.717) is 16.4 Å². The van der Waals surface area contributed by atoms with Gasteiger partial charge in [0, 0.05) is 19.2 Å². The highest BCUT2D eigenvalue weighted by Gasteiger charge is 2.12. The Morgan fingerprint density at radius 1 is 1.38 bits per heavy atom. The van der Waals surface area contributed by atoms with Gasteiger partial charge < -0.3 is 15.8 Å². The van der Waals surface area contributed by atoms with E-state index in [9.17, 15) is 13.2 Å². The van der Waals surface area contributed by atoms with Gasteiger partial charge in [0.2, 0.25) is 5.91 Å². The van der Waals surface area contributed by atoms with E-state index in [1.807, 2.05) is 0 Å². The van der Waals surface area contributed by atoms with Crippen molar-refractivity contribution in [1.82, 2.24) is 0 Å². The Balaban J connectivity index is 2.41. The molecule has 0 fully saturated rings. The quantitative estimate of drug-likeness (QED) is 0.705. The van der Waals surface area contributed by atoms with E-state index in [-0.39, 0.29) is 36.9 Å². The number of hydrogen-bond donors (Lipinski definition) is 2. The maximum atomic E-state index is 11.7. The number of carbonyl (C=O) groups excluding carboxylic acids is 1. The van der Waals surface area contributed by atoms with Crippen LogP contribution in [0.4, 0.5) is 11.4 Å². The Labute approximate surface area is 129 Å². The molecule has 0 unspecified atom stereocenters. The molecular weight excluding hydrogens is 316 g/mol. The highest BCUT2D eigenvalue weighted by molar-refractivity contribution is 7.91. The minimum absolute atomic E-state index is 0.0328. The Morgan fingerprint density at radius 2 is 2.10 bits per heavy atom. The molecule has 0 bridgehead atoms. The second-order valence-corrected chi connectivity index (χ2v) is 7.25. The number of nitrogen functional groups attached to an aromatic ring is 1. The number of ether oxygens (including phenoxy) is 1. The van der Waals surface area contributed by atoms with Crippen molar-refractivity contribution >= 4 is 38.7 Å². The molecule has 0 heterocycles. The fourth-order valence-electron chi connectivity index (χ4n) is 1.61. The van der Waals surface area contributed by atoms with Crippen LogP contribution in [0.5, 0.6) is 0 Å². The third-order valence-electron chi connectivity index (χ3n) is 2.72. The van der Waals surface area contributed by atoms with Gasteiger partial charge in [-0.15, -0.1) is 0 Å². The van der Waals surface area contributed by atoms with Gasteiger partial charge in [0.05, 0.1) is 28.8 Å². The fourth-order valence-corrected chi connectivity index (χ4v) is 3.06. The summed E-state index contributed by atoms with van der Waals surface area (Å²) < 4.78 is 27.9. The van der Waals surface area contributed by atoms with Crippen molar-refractivity contribution < 1.29 is 17.9 Å². The number of sulfone groups is 1. The molecule has 0 radical (unpaired) electrons. The van der Waals surface area contributed by atoms with Gasteiger partial charge >= 0.3 is 0 Å². The first-order valence-corrected chi connectivity index (χ1v) is 8.58. The van der Waals surface area contributed by atoms with Gasteiger partial charge in [0.1, 0.15) is 0 Å². The molecule has 8 heteroatoms. The number of nitrogens with one attached hydrogen (secondary N) is 1. The van der Waals surface area contributed by atoms with Crippen LogP contribution in [-0.4, -0.2) is 39.5 Å². The van der Waals surface area contributed by atoms with Crippen molar-refractivity contribution in [3.8, 4) is 0 Å². The molecule has 3 N–H and O–H groups in total. The average Bonchev–Trinajstić information content (AvgIpc) is 2.39. The second-order valence-electron chi connectivity index (χ2n) is 4.54. The summed E-state index contributed by atoms with van der Waals surface area (Å²) in [5, 5.41) is 2.96. The van der Waals surface area contributed by atoms with E-state index in [1.165, 1.54) is 13.2 Å². The van der Waals surface area contributed by atoms with E-state index in [1.54, 1.807) is 12.1 Å². The van der Waals surface area contributed by atoms with Crippen molar-refractivity contribution in [2.45, 2.75) is 12.8 Å². The third kappa shape index (κ3) is 6.79. The number of carbonyl (C=O) groups is 1. The van der Waals surface area contributed by atoms with Crippen molar-refractivity contribution in [2.75, 3.05) is 36.3 Å². The molecule has 1 amide bonds. The molecule has 1 rings (SSSR count). The molecule has 6 nitrogen and oxygen atoms in total. The highest BCUT2D eigenvalue weighted by Crippen LogP contribution is 2.24. The van der Waals surface area contributed by atoms with Crippen molar-refractivity contribution in [3.63, 3.8) is 0 Å². The molecular formula is C13H19ClN2O4S. The van der Waals surface area contributed by atoms with Crippen molar-refractivity contribution in [3.05, 3.63) is 23.2 Å². The summed E-state index contributed by atoms with van der Waals surface area (Å²) in [6, 6.07) is 4.76. The Hall–Kier alpha value is -1.31. The van der Waals surface area contributed by atoms with E-state index in [2.05, 4.69) is 5.32 Å². The number of anilines is 2. The summed E-state index contributed by atoms with van der Waals surface area (Å²) >= 11 is 5.93. The molecule has 0 saturated carbocycles. The first kappa shape index (κ1) is 17.7. The second kappa shape index (κ2) is 8.21. The first-order chi connectivity index (χ1) is 9.84. The van der Waals surface area contributed by atoms with Crippen LogP contribution in [0.2, 0.25) is 5.02 Å². The largest absolute Gasteiger partial charge is 0.399 e. The summed E-state index contributed by atoms with van der Waals surface area (Å²) in [6.07, 6.45) is 0.359. The summed E-state index contributed by atoms with van der Waals surface area (Å²) in [4.78, 5) is 11.7. The normalized spacial score (nSPS) is 11.3. The topological polar surface area (TPSA) is 98.5 Å². The van der Waals surface area contributed by atoms with Gasteiger partial charge in [-0.05, 0) is 24.6 Å². The van der Waals surface area contributed by atoms with E-state index >= 15 is 0 Å². The maximum Gasteiger partial charge on any atom is 0.224 e. The lowest BCUT2D eigenvalue weighted by Crippen LogP contribution is -2.17. The lowest BCUT2D eigenvalue weighted by atomic mass is 10.2. The third-order valence-corrected chi connectivity index (χ3v) is 4.74. The number of halogens is 1. The summed E-state index contributed by atoms with van der Waals surface area (Å²) in [5.41, 5.74) is 6.51. The molecule has 118 valence electrons. The number of nitrogens with two attached hydrogens (primary N) is 1.